The van der Waals surface area contributed by atoms with Gasteiger partial charge in [-0.25, -0.2) is 9.97 Å². The van der Waals surface area contributed by atoms with Crippen molar-refractivity contribution in [3.05, 3.63) is 84.2 Å². The molecule has 0 aliphatic carbocycles. The van der Waals surface area contributed by atoms with Crippen molar-refractivity contribution in [3.8, 4) is 5.75 Å². The molecule has 0 fully saturated rings. The number of benzene rings is 2. The zero-order valence-corrected chi connectivity index (χ0v) is 22.5. The molecular formula is C29H36N6O2. The van der Waals surface area contributed by atoms with Crippen LogP contribution in [0.5, 0.6) is 5.75 Å². The molecular weight excluding hydrogens is 464 g/mol. The zero-order valence-electron chi connectivity index (χ0n) is 22.5. The van der Waals surface area contributed by atoms with Crippen LogP contribution in [-0.4, -0.2) is 62.1 Å². The van der Waals surface area contributed by atoms with Crippen molar-refractivity contribution >= 4 is 34.5 Å². The Morgan fingerprint density at radius 2 is 1.86 bits per heavy atom. The fourth-order valence-corrected chi connectivity index (χ4v) is 3.91. The van der Waals surface area contributed by atoms with Gasteiger partial charge in [-0.05, 0) is 57.3 Å². The van der Waals surface area contributed by atoms with Crippen molar-refractivity contribution in [2.75, 3.05) is 56.9 Å². The first-order valence-corrected chi connectivity index (χ1v) is 12.1. The molecule has 194 valence electrons. The largest absolute Gasteiger partial charge is 0.494 e. The van der Waals surface area contributed by atoms with E-state index in [0.29, 0.717) is 23.1 Å². The average molecular weight is 501 g/mol. The van der Waals surface area contributed by atoms with E-state index in [1.165, 1.54) is 11.6 Å². The topological polar surface area (TPSA) is 82.6 Å². The van der Waals surface area contributed by atoms with Gasteiger partial charge in [0, 0.05) is 38.0 Å². The number of hydrogen-bond donors (Lipinski definition) is 2. The van der Waals surface area contributed by atoms with Crippen LogP contribution in [0.15, 0.2) is 67.4 Å². The first kappa shape index (κ1) is 27.4. The number of aryl methyl sites for hydroxylation is 1. The highest BCUT2D eigenvalue weighted by Gasteiger charge is 2.17. The Kier molecular flexibility index (Phi) is 9.40. The van der Waals surface area contributed by atoms with Gasteiger partial charge in [0.15, 0.2) is 0 Å². The Morgan fingerprint density at radius 1 is 1.11 bits per heavy atom. The first-order chi connectivity index (χ1) is 17.8. The molecule has 0 radical (unpaired) electrons. The molecule has 1 amide bonds. The van der Waals surface area contributed by atoms with Crippen LogP contribution in [0.4, 0.5) is 23.0 Å². The van der Waals surface area contributed by atoms with Gasteiger partial charge < -0.3 is 25.2 Å². The monoisotopic (exact) mass is 500 g/mol. The van der Waals surface area contributed by atoms with Crippen LogP contribution in [0.1, 0.15) is 23.7 Å². The van der Waals surface area contributed by atoms with E-state index in [9.17, 15) is 4.79 Å². The lowest BCUT2D eigenvalue weighted by Crippen LogP contribution is -2.29. The Hall–Kier alpha value is -4.17. The molecule has 0 bridgehead atoms. The van der Waals surface area contributed by atoms with Crippen molar-refractivity contribution in [2.45, 2.75) is 13.8 Å². The summed E-state index contributed by atoms with van der Waals surface area (Å²) in [5.74, 6) is 0.716. The van der Waals surface area contributed by atoms with Gasteiger partial charge in [0.25, 0.3) is 0 Å². The molecule has 8 heteroatoms. The second-order valence-electron chi connectivity index (χ2n) is 8.90. The fourth-order valence-electron chi connectivity index (χ4n) is 3.91. The summed E-state index contributed by atoms with van der Waals surface area (Å²) >= 11 is 0. The normalized spacial score (nSPS) is 11.3. The Bertz CT molecular complexity index is 1290. The average Bonchev–Trinajstić information content (AvgIpc) is 2.89. The van der Waals surface area contributed by atoms with Crippen molar-refractivity contribution in [3.63, 3.8) is 0 Å². The van der Waals surface area contributed by atoms with E-state index in [1.807, 2.05) is 58.4 Å². The van der Waals surface area contributed by atoms with E-state index in [4.69, 9.17) is 9.72 Å². The standard InChI is InChI=1S/C29H36N6O2/c1-8-21(22-13-11-10-12-20(22)3)23-14-15-30-29(32-23)33-25-18-24(31-28(36)9-2)26(19-27(25)37-7)35(6)17-16-34(4)5/h8-15,18-19H,2,16-17H2,1,3-7H3,(H,31,36)(H,30,32,33)/b21-8+. The molecule has 1 heterocycles. The predicted octanol–water partition coefficient (Wildman–Crippen LogP) is 5.11. The summed E-state index contributed by atoms with van der Waals surface area (Å²) in [6.45, 7) is 9.28. The molecule has 8 nitrogen and oxygen atoms in total. The number of hydrogen-bond acceptors (Lipinski definition) is 7. The zero-order chi connectivity index (χ0) is 26.9. The molecule has 0 atom stereocenters. The van der Waals surface area contributed by atoms with Crippen LogP contribution >= 0.6 is 0 Å². The van der Waals surface area contributed by atoms with Crippen LogP contribution in [0, 0.1) is 6.92 Å². The van der Waals surface area contributed by atoms with Gasteiger partial charge in [0.05, 0.1) is 29.9 Å². The Morgan fingerprint density at radius 3 is 2.51 bits per heavy atom. The summed E-state index contributed by atoms with van der Waals surface area (Å²) in [7, 11) is 7.63. The van der Waals surface area contributed by atoms with Gasteiger partial charge in [-0.3, -0.25) is 4.79 Å². The van der Waals surface area contributed by atoms with Gasteiger partial charge in [0.1, 0.15) is 5.75 Å². The molecule has 0 unspecified atom stereocenters. The minimum Gasteiger partial charge on any atom is -0.494 e. The van der Waals surface area contributed by atoms with E-state index in [1.54, 1.807) is 13.3 Å². The maximum absolute atomic E-state index is 12.2. The summed E-state index contributed by atoms with van der Waals surface area (Å²) < 4.78 is 5.70. The Balaban J connectivity index is 2.00. The molecule has 0 aliphatic heterocycles. The smallest absolute Gasteiger partial charge is 0.247 e. The van der Waals surface area contributed by atoms with Crippen molar-refractivity contribution < 1.29 is 9.53 Å². The number of nitrogens with one attached hydrogen (secondary N) is 2. The summed E-state index contributed by atoms with van der Waals surface area (Å²) in [6.07, 6.45) is 5.02. The molecule has 1 aromatic heterocycles. The van der Waals surface area contributed by atoms with E-state index in [0.717, 1.165) is 35.6 Å². The molecule has 37 heavy (non-hydrogen) atoms. The van der Waals surface area contributed by atoms with Gasteiger partial charge in [0.2, 0.25) is 11.9 Å². The van der Waals surface area contributed by atoms with Crippen LogP contribution < -0.4 is 20.3 Å². The van der Waals surface area contributed by atoms with Crippen molar-refractivity contribution in [2.24, 2.45) is 0 Å². The number of likely N-dealkylation sites (N-methyl/N-ethyl adjacent to an activating group) is 2. The second kappa shape index (κ2) is 12.7. The highest BCUT2D eigenvalue weighted by molar-refractivity contribution is 6.02. The number of rotatable bonds is 11. The van der Waals surface area contributed by atoms with Gasteiger partial charge in [-0.2, -0.15) is 0 Å². The minimum atomic E-state index is -0.299. The molecule has 3 rings (SSSR count). The summed E-state index contributed by atoms with van der Waals surface area (Å²) in [5.41, 5.74) is 6.18. The lowest BCUT2D eigenvalue weighted by Gasteiger charge is -2.26. The minimum absolute atomic E-state index is 0.299. The first-order valence-electron chi connectivity index (χ1n) is 12.1. The molecule has 2 aromatic carbocycles. The number of nitrogens with zero attached hydrogens (tertiary/aromatic N) is 4. The number of aromatic nitrogens is 2. The quantitative estimate of drug-likeness (QED) is 0.354. The van der Waals surface area contributed by atoms with Gasteiger partial charge in [-0.15, -0.1) is 0 Å². The highest BCUT2D eigenvalue weighted by Crippen LogP contribution is 2.38. The third-order valence-electron chi connectivity index (χ3n) is 5.96. The Labute approximate surface area is 219 Å². The maximum Gasteiger partial charge on any atom is 0.247 e. The number of carbonyl (C=O) groups excluding carboxylic acids is 1. The van der Waals surface area contributed by atoms with Crippen LogP contribution in [0.25, 0.3) is 5.57 Å². The summed E-state index contributed by atoms with van der Waals surface area (Å²) in [4.78, 5) is 25.6. The van der Waals surface area contributed by atoms with Gasteiger partial charge >= 0.3 is 0 Å². The second-order valence-corrected chi connectivity index (χ2v) is 8.90. The molecule has 0 spiro atoms. The SMILES string of the molecule is C=CC(=O)Nc1cc(Nc2nccc(/C(=C/C)c3ccccc3C)n2)c(OC)cc1N(C)CCN(C)C. The molecule has 3 aromatic rings. The number of amides is 1. The molecule has 2 N–H and O–H groups in total. The van der Waals surface area contributed by atoms with E-state index < -0.39 is 0 Å². The number of anilines is 4. The van der Waals surface area contributed by atoms with E-state index in [2.05, 4.69) is 57.1 Å². The highest BCUT2D eigenvalue weighted by atomic mass is 16.5. The number of methoxy groups -OCH3 is 1. The molecule has 0 saturated heterocycles. The number of carbonyl (C=O) groups is 1. The van der Waals surface area contributed by atoms with Crippen molar-refractivity contribution in [1.29, 1.82) is 0 Å². The molecule has 0 aliphatic rings. The van der Waals surface area contributed by atoms with Gasteiger partial charge in [-0.1, -0.05) is 36.9 Å². The number of ether oxygens (including phenoxy) is 1. The number of allylic oxidation sites excluding steroid dienone is 1. The summed E-state index contributed by atoms with van der Waals surface area (Å²) in [5, 5.41) is 6.19. The van der Waals surface area contributed by atoms with Crippen LogP contribution in [-0.2, 0) is 4.79 Å². The predicted molar refractivity (Wildman–Crippen MR) is 153 cm³/mol. The van der Waals surface area contributed by atoms with E-state index >= 15 is 0 Å². The summed E-state index contributed by atoms with van der Waals surface area (Å²) in [6, 6.07) is 13.8. The third kappa shape index (κ3) is 6.95. The maximum atomic E-state index is 12.2. The van der Waals surface area contributed by atoms with E-state index in [-0.39, 0.29) is 5.91 Å². The molecule has 0 saturated carbocycles. The fraction of sp³-hybridized carbons (Fsp3) is 0.276. The van der Waals surface area contributed by atoms with Crippen LogP contribution in [0.3, 0.4) is 0 Å². The lowest BCUT2D eigenvalue weighted by molar-refractivity contribution is -0.111. The lowest BCUT2D eigenvalue weighted by atomic mass is 9.98. The van der Waals surface area contributed by atoms with Crippen molar-refractivity contribution in [1.82, 2.24) is 14.9 Å². The third-order valence-corrected chi connectivity index (χ3v) is 5.96. The van der Waals surface area contributed by atoms with Crippen LogP contribution in [0.2, 0.25) is 0 Å².